The maximum atomic E-state index is 13.2. The van der Waals surface area contributed by atoms with Gasteiger partial charge in [-0.25, -0.2) is 0 Å². The number of rotatable bonds is 11. The summed E-state index contributed by atoms with van der Waals surface area (Å²) in [4.78, 5) is 32.1. The monoisotopic (exact) mass is 1010 g/mol. The molecule has 4 aromatic carbocycles. The highest BCUT2D eigenvalue weighted by atomic mass is 127. The van der Waals surface area contributed by atoms with Crippen molar-refractivity contribution in [1.82, 2.24) is 9.80 Å². The number of piperidine rings is 2. The van der Waals surface area contributed by atoms with Crippen molar-refractivity contribution in [2.75, 3.05) is 65.7 Å². The van der Waals surface area contributed by atoms with Crippen molar-refractivity contribution < 1.29 is 47.9 Å². The third kappa shape index (κ3) is 11.8. The minimum atomic E-state index is -0.328. The van der Waals surface area contributed by atoms with Crippen molar-refractivity contribution in [2.45, 2.75) is 101 Å². The van der Waals surface area contributed by atoms with E-state index >= 15 is 0 Å². The van der Waals surface area contributed by atoms with E-state index < -0.39 is 0 Å². The molecule has 0 bridgehead atoms. The number of methoxy groups -OCH3 is 3. The Morgan fingerprint density at radius 1 is 0.631 bits per heavy atom. The lowest BCUT2D eigenvalue weighted by molar-refractivity contribution is -0.0251. The molecule has 0 saturated carbocycles. The normalized spacial score (nSPS) is 19.0. The number of alkyl halides is 1. The van der Waals surface area contributed by atoms with Crippen LogP contribution in [-0.4, -0.2) is 116 Å². The van der Waals surface area contributed by atoms with Gasteiger partial charge in [0.15, 0.2) is 23.0 Å². The van der Waals surface area contributed by atoms with Gasteiger partial charge in [0, 0.05) is 81.9 Å². The number of ether oxygens (including phenoxy) is 7. The summed E-state index contributed by atoms with van der Waals surface area (Å²) < 4.78 is 40.9. The third-order valence-electron chi connectivity index (χ3n) is 12.7. The average Bonchev–Trinajstić information content (AvgIpc) is 3.32. The maximum absolute atomic E-state index is 13.2. The van der Waals surface area contributed by atoms with Crippen LogP contribution < -0.4 is 28.4 Å². The molecular formula is C52H67IN2O10. The van der Waals surface area contributed by atoms with Crippen molar-refractivity contribution in [3.63, 3.8) is 0 Å². The van der Waals surface area contributed by atoms with Crippen LogP contribution in [0.3, 0.4) is 0 Å². The predicted octanol–water partition coefficient (Wildman–Crippen LogP) is 9.74. The fraction of sp³-hybridized carbons (Fsp3) is 0.500. The second-order valence-electron chi connectivity index (χ2n) is 17.7. The number of hydrogen-bond donors (Lipinski definition) is 1. The van der Waals surface area contributed by atoms with Crippen molar-refractivity contribution >= 4 is 34.4 Å². The Morgan fingerprint density at radius 2 is 1.03 bits per heavy atom. The van der Waals surface area contributed by atoms with Gasteiger partial charge in [0.2, 0.25) is 0 Å². The molecule has 4 aliphatic rings. The van der Waals surface area contributed by atoms with Crippen LogP contribution in [0.2, 0.25) is 0 Å². The van der Waals surface area contributed by atoms with E-state index in [1.807, 2.05) is 91.0 Å². The highest BCUT2D eigenvalue weighted by Crippen LogP contribution is 2.47. The Kier molecular flexibility index (Phi) is 17.3. The number of fused-ring (bicyclic) bond motifs is 2. The minimum Gasteiger partial charge on any atom is -0.493 e. The Bertz CT molecular complexity index is 2200. The first-order valence-corrected chi connectivity index (χ1v) is 24.9. The molecule has 352 valence electrons. The van der Waals surface area contributed by atoms with Crippen LogP contribution in [0.5, 0.6) is 34.5 Å². The lowest BCUT2D eigenvalue weighted by atomic mass is 9.77. The van der Waals surface area contributed by atoms with E-state index in [1.165, 1.54) is 5.56 Å². The molecule has 65 heavy (non-hydrogen) atoms. The Hall–Kier alpha value is -4.73. The molecule has 13 heteroatoms. The van der Waals surface area contributed by atoms with Gasteiger partial charge in [0.05, 0.1) is 39.6 Å². The summed E-state index contributed by atoms with van der Waals surface area (Å²) in [7, 11) is 4.92. The number of carbonyl (C=O) groups is 2. The van der Waals surface area contributed by atoms with Crippen molar-refractivity contribution in [2.24, 2.45) is 0 Å². The van der Waals surface area contributed by atoms with Crippen LogP contribution in [-0.2, 0) is 4.74 Å². The maximum Gasteiger partial charge on any atom is 0.253 e. The van der Waals surface area contributed by atoms with Gasteiger partial charge in [0.25, 0.3) is 11.8 Å². The fourth-order valence-electron chi connectivity index (χ4n) is 9.52. The van der Waals surface area contributed by atoms with E-state index in [2.05, 4.69) is 34.7 Å². The van der Waals surface area contributed by atoms with Gasteiger partial charge in [-0.1, -0.05) is 59.0 Å². The zero-order chi connectivity index (χ0) is 46.7. The summed E-state index contributed by atoms with van der Waals surface area (Å²) >= 11 is 2.15. The SMILES string of the molecule is CI.COCC1CC2(CCN(C(=O)c3ccc(OC(C)C)c(OC)c3)CC2)Oc2ccccc21.COc1cc(C(=O)N2CCC3(CC2)CC(CO)c2ccccc2O3)ccc1OC(C)C. The summed E-state index contributed by atoms with van der Waals surface area (Å²) in [5.41, 5.74) is 2.92. The Balaban J connectivity index is 0.000000208. The summed E-state index contributed by atoms with van der Waals surface area (Å²) in [5.74, 6) is 4.61. The highest BCUT2D eigenvalue weighted by Gasteiger charge is 2.45. The van der Waals surface area contributed by atoms with E-state index in [-0.39, 0.29) is 47.7 Å². The standard InChI is InChI=1S/C26H33NO5.C25H31NO5.CH3I/c1-18(2)31-23-10-9-19(15-24(23)30-4)25(28)27-13-11-26(12-14-27)16-20(17-29-3)21-7-5-6-8-22(21)32-26;1-17(2)30-22-9-8-18(14-23(22)29-3)24(28)26-12-10-25(11-13-26)15-19(16-27)20-6-4-5-7-21(20)31-25;1-2/h5-10,15,18,20H,11-14,16-17H2,1-4H3;4-9,14,17,19,27H,10-13,15-16H2,1-3H3;1H3. The summed E-state index contributed by atoms with van der Waals surface area (Å²) in [5, 5.41) is 9.92. The molecular weight excluding hydrogens is 939 g/mol. The lowest BCUT2D eigenvalue weighted by Gasteiger charge is -2.46. The van der Waals surface area contributed by atoms with Crippen LogP contribution in [0.1, 0.15) is 110 Å². The number of para-hydroxylation sites is 2. The average molecular weight is 1010 g/mol. The number of aliphatic hydroxyl groups is 1. The number of amides is 2. The second kappa shape index (κ2) is 22.6. The molecule has 0 aromatic heterocycles. The number of halogens is 1. The number of benzene rings is 4. The quantitative estimate of drug-likeness (QED) is 0.115. The summed E-state index contributed by atoms with van der Waals surface area (Å²) in [6.07, 6.45) is 4.85. The zero-order valence-electron chi connectivity index (χ0n) is 39.3. The molecule has 4 aliphatic heterocycles. The second-order valence-corrected chi connectivity index (χ2v) is 17.7. The smallest absolute Gasteiger partial charge is 0.253 e. The number of aliphatic hydroxyl groups excluding tert-OH is 1. The van der Waals surface area contributed by atoms with Gasteiger partial charge in [0.1, 0.15) is 22.7 Å². The first-order chi connectivity index (χ1) is 31.4. The van der Waals surface area contributed by atoms with Gasteiger partial charge in [-0.2, -0.15) is 0 Å². The van der Waals surface area contributed by atoms with Crippen LogP contribution >= 0.6 is 22.6 Å². The lowest BCUT2D eigenvalue weighted by Crippen LogP contribution is -2.52. The van der Waals surface area contributed by atoms with Crippen molar-refractivity contribution in [1.29, 1.82) is 0 Å². The first kappa shape index (κ1) is 49.7. The van der Waals surface area contributed by atoms with Gasteiger partial charge in [-0.3, -0.25) is 9.59 Å². The van der Waals surface area contributed by atoms with Crippen LogP contribution in [0.15, 0.2) is 84.9 Å². The molecule has 4 heterocycles. The molecule has 2 saturated heterocycles. The molecule has 2 atom stereocenters. The summed E-state index contributed by atoms with van der Waals surface area (Å²) in [6, 6.07) is 26.9. The van der Waals surface area contributed by atoms with Crippen LogP contribution in [0.4, 0.5) is 0 Å². The number of hydrogen-bond acceptors (Lipinski definition) is 10. The number of carbonyl (C=O) groups excluding carboxylic acids is 2. The van der Waals surface area contributed by atoms with Gasteiger partial charge in [-0.05, 0) is 105 Å². The Labute approximate surface area is 399 Å². The number of nitrogens with zero attached hydrogens (tertiary/aromatic N) is 2. The fourth-order valence-corrected chi connectivity index (χ4v) is 9.52. The third-order valence-corrected chi connectivity index (χ3v) is 12.7. The first-order valence-electron chi connectivity index (χ1n) is 22.7. The van der Waals surface area contributed by atoms with E-state index in [0.717, 1.165) is 55.6 Å². The van der Waals surface area contributed by atoms with Crippen molar-refractivity contribution in [3.8, 4) is 34.5 Å². The topological polar surface area (TPSA) is 125 Å². The van der Waals surface area contributed by atoms with Crippen LogP contribution in [0, 0.1) is 0 Å². The highest BCUT2D eigenvalue weighted by molar-refractivity contribution is 14.1. The van der Waals surface area contributed by atoms with Gasteiger partial charge in [-0.15, -0.1) is 0 Å². The molecule has 12 nitrogen and oxygen atoms in total. The van der Waals surface area contributed by atoms with E-state index in [9.17, 15) is 14.7 Å². The Morgan fingerprint density at radius 3 is 1.42 bits per heavy atom. The van der Waals surface area contributed by atoms with E-state index in [1.54, 1.807) is 45.6 Å². The largest absolute Gasteiger partial charge is 0.493 e. The van der Waals surface area contributed by atoms with Crippen molar-refractivity contribution in [3.05, 3.63) is 107 Å². The molecule has 2 spiro atoms. The molecule has 2 fully saturated rings. The molecule has 1 N–H and O–H groups in total. The van der Waals surface area contributed by atoms with Gasteiger partial charge >= 0.3 is 0 Å². The van der Waals surface area contributed by atoms with E-state index in [4.69, 9.17) is 33.2 Å². The zero-order valence-corrected chi connectivity index (χ0v) is 41.4. The molecule has 0 aliphatic carbocycles. The molecule has 2 unspecified atom stereocenters. The van der Waals surface area contributed by atoms with Gasteiger partial charge < -0.3 is 48.1 Å². The number of likely N-dealkylation sites (tertiary alicyclic amines) is 2. The molecule has 4 aromatic rings. The molecule has 2 amide bonds. The minimum absolute atomic E-state index is 0.0129. The summed E-state index contributed by atoms with van der Waals surface area (Å²) in [6.45, 7) is 11.2. The molecule has 8 rings (SSSR count). The molecule has 0 radical (unpaired) electrons. The van der Waals surface area contributed by atoms with Crippen LogP contribution in [0.25, 0.3) is 0 Å². The van der Waals surface area contributed by atoms with E-state index in [0.29, 0.717) is 72.8 Å². The predicted molar refractivity (Wildman–Crippen MR) is 261 cm³/mol.